The van der Waals surface area contributed by atoms with E-state index in [1.165, 1.54) is 12.1 Å². The average Bonchev–Trinajstić information content (AvgIpc) is 1.83. The van der Waals surface area contributed by atoms with Crippen LogP contribution >= 0.6 is 11.6 Å². The Bertz CT molecular complexity index is 202. The van der Waals surface area contributed by atoms with E-state index in [4.69, 9.17) is 21.8 Å². The van der Waals surface area contributed by atoms with Gasteiger partial charge in [0.05, 0.1) is 5.02 Å². The second-order valence-electron chi connectivity index (χ2n) is 1.53. The van der Waals surface area contributed by atoms with Crippen molar-refractivity contribution in [3.63, 3.8) is 0 Å². The van der Waals surface area contributed by atoms with E-state index < -0.39 is 0 Å². The molecule has 0 aliphatic carbocycles. The van der Waals surface area contributed by atoms with Crippen LogP contribution in [0.25, 0.3) is 0 Å². The van der Waals surface area contributed by atoms with E-state index in [0.29, 0.717) is 0 Å². The predicted molar refractivity (Wildman–Crippen MR) is 33.6 cm³/mol. The lowest BCUT2D eigenvalue weighted by Crippen LogP contribution is -1.68. The number of hydrogen-bond donors (Lipinski definition) is 2. The zero-order chi connectivity index (χ0) is 6.85. The van der Waals surface area contributed by atoms with Crippen molar-refractivity contribution in [1.82, 2.24) is 0 Å². The van der Waals surface area contributed by atoms with Crippen LogP contribution in [-0.2, 0) is 0 Å². The van der Waals surface area contributed by atoms with Gasteiger partial charge in [-0.25, -0.2) is 0 Å². The topological polar surface area (TPSA) is 40.5 Å². The SMILES string of the molecule is Oc1cc[c]c(Cl)c1O. The Morgan fingerprint density at radius 3 is 2.56 bits per heavy atom. The van der Waals surface area contributed by atoms with Crippen molar-refractivity contribution < 1.29 is 10.2 Å². The zero-order valence-electron chi connectivity index (χ0n) is 4.43. The lowest BCUT2D eigenvalue weighted by atomic mass is 10.3. The van der Waals surface area contributed by atoms with Gasteiger partial charge in [-0.05, 0) is 12.1 Å². The molecule has 1 radical (unpaired) electrons. The Morgan fingerprint density at radius 2 is 2.11 bits per heavy atom. The first-order valence-corrected chi connectivity index (χ1v) is 2.67. The van der Waals surface area contributed by atoms with Crippen LogP contribution in [0, 0.1) is 6.07 Å². The van der Waals surface area contributed by atoms with Crippen molar-refractivity contribution in [2.75, 3.05) is 0 Å². The van der Waals surface area contributed by atoms with Crippen LogP contribution in [-0.4, -0.2) is 10.2 Å². The Labute approximate surface area is 57.3 Å². The van der Waals surface area contributed by atoms with Crippen molar-refractivity contribution in [2.45, 2.75) is 0 Å². The summed E-state index contributed by atoms with van der Waals surface area (Å²) in [5, 5.41) is 17.6. The first kappa shape index (κ1) is 6.23. The third kappa shape index (κ3) is 1.08. The third-order valence-electron chi connectivity index (χ3n) is 0.902. The molecule has 0 aliphatic rings. The number of hydrogen-bond acceptors (Lipinski definition) is 2. The van der Waals surface area contributed by atoms with Crippen LogP contribution in [0.1, 0.15) is 0 Å². The van der Waals surface area contributed by atoms with Crippen molar-refractivity contribution >= 4 is 11.6 Å². The number of rotatable bonds is 0. The molecule has 0 atom stereocenters. The molecule has 0 bridgehead atoms. The van der Waals surface area contributed by atoms with Crippen molar-refractivity contribution in [3.05, 3.63) is 23.2 Å². The highest BCUT2D eigenvalue weighted by molar-refractivity contribution is 6.32. The van der Waals surface area contributed by atoms with E-state index in [0.717, 1.165) is 0 Å². The van der Waals surface area contributed by atoms with E-state index >= 15 is 0 Å². The molecule has 3 heteroatoms. The maximum atomic E-state index is 8.79. The molecule has 2 nitrogen and oxygen atoms in total. The molecule has 0 saturated heterocycles. The van der Waals surface area contributed by atoms with Gasteiger partial charge in [0.25, 0.3) is 0 Å². The largest absolute Gasteiger partial charge is 0.504 e. The molecule has 0 spiro atoms. The zero-order valence-corrected chi connectivity index (χ0v) is 5.18. The molecule has 0 aromatic heterocycles. The minimum Gasteiger partial charge on any atom is -0.504 e. The second kappa shape index (κ2) is 2.15. The maximum absolute atomic E-state index is 8.79. The highest BCUT2D eigenvalue weighted by atomic mass is 35.5. The first-order chi connectivity index (χ1) is 4.22. The normalized spacial score (nSPS) is 9.44. The molecule has 0 saturated carbocycles. The Kier molecular flexibility index (Phi) is 1.49. The molecule has 0 aliphatic heterocycles. The first-order valence-electron chi connectivity index (χ1n) is 2.30. The number of benzene rings is 1. The minimum absolute atomic E-state index is 0.0370. The molecular formula is C6H4ClO2. The molecule has 2 N–H and O–H groups in total. The second-order valence-corrected chi connectivity index (χ2v) is 1.90. The Morgan fingerprint density at radius 1 is 1.44 bits per heavy atom. The van der Waals surface area contributed by atoms with Gasteiger partial charge in [-0.3, -0.25) is 0 Å². The summed E-state index contributed by atoms with van der Waals surface area (Å²) in [4.78, 5) is 0. The van der Waals surface area contributed by atoms with E-state index in [9.17, 15) is 0 Å². The number of phenolic OH excluding ortho intramolecular Hbond substituents is 2. The summed E-state index contributed by atoms with van der Waals surface area (Å²) in [6, 6.07) is 5.23. The Balaban J connectivity index is 3.25. The van der Waals surface area contributed by atoms with Gasteiger partial charge in [-0.2, -0.15) is 0 Å². The molecule has 9 heavy (non-hydrogen) atoms. The van der Waals surface area contributed by atoms with Gasteiger partial charge >= 0.3 is 0 Å². The molecule has 0 amide bonds. The Hall–Kier alpha value is -0.890. The van der Waals surface area contributed by atoms with Crippen molar-refractivity contribution in [3.8, 4) is 11.5 Å². The summed E-state index contributed by atoms with van der Waals surface area (Å²) in [6.07, 6.45) is 0. The fourth-order valence-electron chi connectivity index (χ4n) is 0.453. The molecule has 0 fully saturated rings. The summed E-state index contributed by atoms with van der Waals surface area (Å²) in [5.41, 5.74) is 0. The summed E-state index contributed by atoms with van der Waals surface area (Å²) in [5.74, 6) is -0.544. The van der Waals surface area contributed by atoms with Crippen LogP contribution in [0.4, 0.5) is 0 Å². The van der Waals surface area contributed by atoms with Gasteiger partial charge in [0, 0.05) is 6.07 Å². The molecule has 1 aromatic carbocycles. The highest BCUT2D eigenvalue weighted by Gasteiger charge is 2.00. The fraction of sp³-hybridized carbons (Fsp3) is 0. The lowest BCUT2D eigenvalue weighted by Gasteiger charge is -1.95. The summed E-state index contributed by atoms with van der Waals surface area (Å²) in [6.45, 7) is 0. The van der Waals surface area contributed by atoms with E-state index in [1.54, 1.807) is 0 Å². The fourth-order valence-corrected chi connectivity index (χ4v) is 0.613. The number of phenols is 2. The van der Waals surface area contributed by atoms with Crippen LogP contribution < -0.4 is 0 Å². The predicted octanol–water partition coefficient (Wildman–Crippen LogP) is 1.55. The third-order valence-corrected chi connectivity index (χ3v) is 1.19. The quantitative estimate of drug-likeness (QED) is 0.541. The van der Waals surface area contributed by atoms with Crippen LogP contribution in [0.5, 0.6) is 11.5 Å². The summed E-state index contributed by atoms with van der Waals surface area (Å²) < 4.78 is 0. The van der Waals surface area contributed by atoms with Gasteiger partial charge in [-0.15, -0.1) is 0 Å². The summed E-state index contributed by atoms with van der Waals surface area (Å²) in [7, 11) is 0. The molecule has 1 aromatic rings. The summed E-state index contributed by atoms with van der Waals surface area (Å²) >= 11 is 5.35. The molecule has 0 unspecified atom stereocenters. The molecule has 1 rings (SSSR count). The van der Waals surface area contributed by atoms with Crippen LogP contribution in [0.2, 0.25) is 5.02 Å². The van der Waals surface area contributed by atoms with Gasteiger partial charge in [0.1, 0.15) is 0 Å². The standard InChI is InChI=1S/C6H4ClO2/c7-4-2-1-3-5(8)6(4)9/h1,3,8-9H. The van der Waals surface area contributed by atoms with Gasteiger partial charge in [0.15, 0.2) is 11.5 Å². The lowest BCUT2D eigenvalue weighted by molar-refractivity contribution is 0.404. The van der Waals surface area contributed by atoms with Gasteiger partial charge < -0.3 is 10.2 Å². The number of aromatic hydroxyl groups is 2. The molecule has 0 heterocycles. The van der Waals surface area contributed by atoms with Gasteiger partial charge in [-0.1, -0.05) is 11.6 Å². The average molecular weight is 144 g/mol. The van der Waals surface area contributed by atoms with E-state index in [1.807, 2.05) is 0 Å². The smallest absolute Gasteiger partial charge is 0.177 e. The number of halogens is 1. The van der Waals surface area contributed by atoms with Crippen molar-refractivity contribution in [1.29, 1.82) is 0 Å². The highest BCUT2D eigenvalue weighted by Crippen LogP contribution is 2.30. The van der Waals surface area contributed by atoms with Crippen LogP contribution in [0.15, 0.2) is 12.1 Å². The van der Waals surface area contributed by atoms with Crippen molar-refractivity contribution in [2.24, 2.45) is 0 Å². The molecule has 47 valence electrons. The van der Waals surface area contributed by atoms with E-state index in [-0.39, 0.29) is 16.5 Å². The van der Waals surface area contributed by atoms with Crippen LogP contribution in [0.3, 0.4) is 0 Å². The van der Waals surface area contributed by atoms with E-state index in [2.05, 4.69) is 6.07 Å². The minimum atomic E-state index is -0.320. The monoisotopic (exact) mass is 143 g/mol. The van der Waals surface area contributed by atoms with Gasteiger partial charge in [0.2, 0.25) is 0 Å². The maximum Gasteiger partial charge on any atom is 0.177 e. The molecular weight excluding hydrogens is 140 g/mol.